The van der Waals surface area contributed by atoms with Crippen molar-refractivity contribution in [3.05, 3.63) is 107 Å². The summed E-state index contributed by atoms with van der Waals surface area (Å²) in [4.78, 5) is 54.9. The van der Waals surface area contributed by atoms with Crippen molar-refractivity contribution < 1.29 is 28.3 Å². The molecule has 3 aromatic rings. The molecule has 0 bridgehead atoms. The Kier molecular flexibility index (Phi) is 6.62. The number of aliphatic imine (C=N–C) groups is 1. The van der Waals surface area contributed by atoms with Crippen molar-refractivity contribution in [1.29, 1.82) is 0 Å². The fourth-order valence-corrected chi connectivity index (χ4v) is 3.65. The predicted molar refractivity (Wildman–Crippen MR) is 125 cm³/mol. The maximum Gasteiger partial charge on any atom is 0.337 e. The van der Waals surface area contributed by atoms with Gasteiger partial charge in [0, 0.05) is 16.7 Å². The summed E-state index contributed by atoms with van der Waals surface area (Å²) in [6.07, 6.45) is -0.631. The van der Waals surface area contributed by atoms with Gasteiger partial charge < -0.3 is 10.1 Å². The predicted octanol–water partition coefficient (Wildman–Crippen LogP) is 2.90. The van der Waals surface area contributed by atoms with Crippen molar-refractivity contribution in [2.24, 2.45) is 4.99 Å². The van der Waals surface area contributed by atoms with Gasteiger partial charge in [-0.3, -0.25) is 14.5 Å². The van der Waals surface area contributed by atoms with Gasteiger partial charge in [-0.15, -0.1) is 0 Å². The van der Waals surface area contributed by atoms with Gasteiger partial charge in [-0.1, -0.05) is 36.4 Å². The average molecular weight is 471 g/mol. The molecule has 8 nitrogen and oxygen atoms in total. The number of nitrogens with one attached hydrogen (secondary N) is 1. The van der Waals surface area contributed by atoms with Crippen LogP contribution >= 0.6 is 0 Å². The highest BCUT2D eigenvalue weighted by molar-refractivity contribution is 6.21. The van der Waals surface area contributed by atoms with Crippen LogP contribution in [0.4, 0.5) is 10.1 Å². The van der Waals surface area contributed by atoms with E-state index >= 15 is 0 Å². The van der Waals surface area contributed by atoms with Gasteiger partial charge in [0.1, 0.15) is 11.8 Å². The van der Waals surface area contributed by atoms with Gasteiger partial charge in [-0.2, -0.15) is 0 Å². The monoisotopic (exact) mass is 471 g/mol. The average Bonchev–Trinajstić information content (AvgIpc) is 2.99. The number of benzene rings is 3. The van der Waals surface area contributed by atoms with Gasteiger partial charge in [0.15, 0.2) is 0 Å². The number of halogens is 1. The fourth-order valence-electron chi connectivity index (χ4n) is 3.65. The molecular weight excluding hydrogens is 453 g/mol. The maximum atomic E-state index is 14.8. The number of anilines is 1. The number of rotatable bonds is 5. The fraction of sp³-hybridized carbons (Fsp3) is 0.0769. The number of esters is 1. The molecule has 1 aliphatic rings. The van der Waals surface area contributed by atoms with E-state index in [1.165, 1.54) is 49.6 Å². The minimum Gasteiger partial charge on any atom is -0.465 e. The van der Waals surface area contributed by atoms with Crippen LogP contribution < -0.4 is 10.2 Å². The summed E-state index contributed by atoms with van der Waals surface area (Å²) in [5.41, 5.74) is 1.08. The van der Waals surface area contributed by atoms with Gasteiger partial charge in [0.2, 0.25) is 6.17 Å². The first-order valence-corrected chi connectivity index (χ1v) is 10.4. The molecule has 1 atom stereocenters. The molecule has 3 aromatic carbocycles. The highest BCUT2D eigenvalue weighted by atomic mass is 19.1. The van der Waals surface area contributed by atoms with Crippen LogP contribution in [0.3, 0.4) is 0 Å². The first kappa shape index (κ1) is 23.3. The summed E-state index contributed by atoms with van der Waals surface area (Å²) >= 11 is 0. The second kappa shape index (κ2) is 9.94. The summed E-state index contributed by atoms with van der Waals surface area (Å²) in [7, 11) is 1.21. The SMILES string of the molecule is COC(=O)c1cccc(C(=O)NC2N=C(c3ccccc3F)c3ccccc3N(C=C=O)C2=O)c1. The molecule has 174 valence electrons. The third kappa shape index (κ3) is 4.62. The molecule has 1 N–H and O–H groups in total. The van der Waals surface area contributed by atoms with E-state index in [1.54, 1.807) is 36.3 Å². The highest BCUT2D eigenvalue weighted by Crippen LogP contribution is 2.29. The number of benzodiazepines with no additional fused rings is 1. The Labute approximate surface area is 199 Å². The van der Waals surface area contributed by atoms with E-state index in [1.807, 2.05) is 0 Å². The molecular formula is C26H18FN3O5. The standard InChI is InChI=1S/C26H18FN3O5/c1-35-26(34)17-8-6-7-16(15-17)24(32)29-23-25(33)30(13-14-31)21-12-5-3-10-19(21)22(28-23)18-9-2-4-11-20(18)27/h2-13,15,23H,1H3,(H,29,32). The Bertz CT molecular complexity index is 1410. The molecule has 0 saturated heterocycles. The molecule has 0 saturated carbocycles. The lowest BCUT2D eigenvalue weighted by atomic mass is 10.00. The van der Waals surface area contributed by atoms with Gasteiger partial charge in [0.25, 0.3) is 11.8 Å². The number of para-hydroxylation sites is 1. The first-order chi connectivity index (χ1) is 16.9. The first-order valence-electron chi connectivity index (χ1n) is 10.4. The van der Waals surface area contributed by atoms with Crippen LogP contribution in [-0.4, -0.2) is 42.7 Å². The van der Waals surface area contributed by atoms with Gasteiger partial charge in [-0.25, -0.2) is 19.0 Å². The van der Waals surface area contributed by atoms with Crippen molar-refractivity contribution in [3.8, 4) is 0 Å². The highest BCUT2D eigenvalue weighted by Gasteiger charge is 2.33. The van der Waals surface area contributed by atoms with E-state index in [0.717, 1.165) is 11.1 Å². The molecule has 0 radical (unpaired) electrons. The number of carbonyl (C=O) groups excluding carboxylic acids is 4. The van der Waals surface area contributed by atoms with Gasteiger partial charge >= 0.3 is 5.97 Å². The molecule has 35 heavy (non-hydrogen) atoms. The zero-order chi connectivity index (χ0) is 24.9. The Hall–Kier alpha value is -4.88. The number of methoxy groups -OCH3 is 1. The third-order valence-electron chi connectivity index (χ3n) is 5.27. The van der Waals surface area contributed by atoms with Crippen molar-refractivity contribution in [2.45, 2.75) is 6.17 Å². The molecule has 0 aromatic heterocycles. The number of fused-ring (bicyclic) bond motifs is 1. The Morgan fingerprint density at radius 1 is 1.03 bits per heavy atom. The number of amides is 2. The molecule has 4 rings (SSSR count). The van der Waals surface area contributed by atoms with Crippen LogP contribution in [0.15, 0.2) is 84.0 Å². The molecule has 0 spiro atoms. The second-order valence-electron chi connectivity index (χ2n) is 7.38. The Balaban J connectivity index is 1.82. The summed E-state index contributed by atoms with van der Waals surface area (Å²) in [6, 6.07) is 18.1. The van der Waals surface area contributed by atoms with Gasteiger partial charge in [0.05, 0.1) is 30.3 Å². The third-order valence-corrected chi connectivity index (χ3v) is 5.27. The van der Waals surface area contributed by atoms with E-state index in [2.05, 4.69) is 15.0 Å². The normalized spacial score (nSPS) is 14.7. The molecule has 2 amide bonds. The smallest absolute Gasteiger partial charge is 0.337 e. The lowest BCUT2D eigenvalue weighted by Gasteiger charge is -2.20. The number of ether oxygens (including phenoxy) is 1. The van der Waals surface area contributed by atoms with E-state index < -0.39 is 29.8 Å². The van der Waals surface area contributed by atoms with Crippen LogP contribution in [0.25, 0.3) is 0 Å². The topological polar surface area (TPSA) is 105 Å². The lowest BCUT2D eigenvalue weighted by molar-refractivity contribution is -0.119. The summed E-state index contributed by atoms with van der Waals surface area (Å²) in [6.45, 7) is 0. The molecule has 0 fully saturated rings. The van der Waals surface area contributed by atoms with Crippen LogP contribution in [0.5, 0.6) is 0 Å². The minimum absolute atomic E-state index is 0.0718. The molecule has 1 heterocycles. The lowest BCUT2D eigenvalue weighted by Crippen LogP contribution is -2.45. The van der Waals surface area contributed by atoms with E-state index in [9.17, 15) is 23.6 Å². The van der Waals surface area contributed by atoms with Gasteiger partial charge in [-0.05, 0) is 36.4 Å². The maximum absolute atomic E-state index is 14.8. The van der Waals surface area contributed by atoms with E-state index in [0.29, 0.717) is 5.56 Å². The second-order valence-corrected chi connectivity index (χ2v) is 7.38. The zero-order valence-electron chi connectivity index (χ0n) is 18.4. The number of hydrogen-bond donors (Lipinski definition) is 1. The number of hydrogen-bond acceptors (Lipinski definition) is 6. The summed E-state index contributed by atoms with van der Waals surface area (Å²) in [5.74, 6) is -1.12. The molecule has 9 heteroatoms. The zero-order valence-corrected chi connectivity index (χ0v) is 18.4. The van der Waals surface area contributed by atoms with Crippen molar-refractivity contribution in [3.63, 3.8) is 0 Å². The minimum atomic E-state index is -1.52. The van der Waals surface area contributed by atoms with Crippen molar-refractivity contribution >= 4 is 35.1 Å². The molecule has 1 aliphatic heterocycles. The molecule has 0 aliphatic carbocycles. The summed E-state index contributed by atoms with van der Waals surface area (Å²) in [5, 5.41) is 2.51. The Morgan fingerprint density at radius 3 is 2.43 bits per heavy atom. The van der Waals surface area contributed by atoms with Crippen molar-refractivity contribution in [1.82, 2.24) is 5.32 Å². The largest absolute Gasteiger partial charge is 0.465 e. The quantitative estimate of drug-likeness (QED) is 0.455. The van der Waals surface area contributed by atoms with E-state index in [4.69, 9.17) is 0 Å². The van der Waals surface area contributed by atoms with Crippen LogP contribution in [0.1, 0.15) is 31.8 Å². The van der Waals surface area contributed by atoms with E-state index in [-0.39, 0.29) is 28.1 Å². The summed E-state index contributed by atoms with van der Waals surface area (Å²) < 4.78 is 19.4. The van der Waals surface area contributed by atoms with Crippen LogP contribution in [0, 0.1) is 5.82 Å². The Morgan fingerprint density at radius 2 is 1.71 bits per heavy atom. The van der Waals surface area contributed by atoms with Crippen molar-refractivity contribution in [2.75, 3.05) is 12.0 Å². The molecule has 1 unspecified atom stereocenters. The number of carbonyl (C=O) groups is 3. The number of nitrogens with zero attached hydrogens (tertiary/aromatic N) is 2. The van der Waals surface area contributed by atoms with Crippen LogP contribution in [-0.2, 0) is 14.3 Å². The van der Waals surface area contributed by atoms with Crippen LogP contribution in [0.2, 0.25) is 0 Å².